The van der Waals surface area contributed by atoms with Crippen molar-refractivity contribution in [3.8, 4) is 0 Å². The van der Waals surface area contributed by atoms with Gasteiger partial charge < -0.3 is 28.0 Å². The molecule has 155 valence electrons. The molecule has 1 radical (unpaired) electrons. The van der Waals surface area contributed by atoms with Crippen molar-refractivity contribution in [3.63, 3.8) is 0 Å². The van der Waals surface area contributed by atoms with Gasteiger partial charge in [0.15, 0.2) is 0 Å². The van der Waals surface area contributed by atoms with E-state index in [9.17, 15) is 18.9 Å². The first-order valence-electron chi connectivity index (χ1n) is 9.08. The van der Waals surface area contributed by atoms with E-state index in [4.69, 9.17) is 0 Å². The average molecular weight is 445 g/mol. The number of hydrogen-bond acceptors (Lipinski definition) is 6. The summed E-state index contributed by atoms with van der Waals surface area (Å²) in [6.07, 6.45) is 10.7. The fraction of sp³-hybridized carbons (Fsp3) is 1.00. The van der Waals surface area contributed by atoms with E-state index in [1.165, 1.54) is 38.5 Å². The van der Waals surface area contributed by atoms with Crippen molar-refractivity contribution >= 4 is 16.5 Å². The third kappa shape index (κ3) is 29.8. The predicted molar refractivity (Wildman–Crippen MR) is 96.6 cm³/mol. The molecule has 0 saturated heterocycles. The maximum atomic E-state index is 10.2. The van der Waals surface area contributed by atoms with Crippen LogP contribution in [0.5, 0.6) is 0 Å². The number of hydrogen-bond donors (Lipinski definition) is 0. The minimum Gasteiger partial charge on any atom is -0.781 e. The summed E-state index contributed by atoms with van der Waals surface area (Å²) in [4.78, 5) is 20.3. The molecule has 0 saturated carbocycles. The summed E-state index contributed by atoms with van der Waals surface area (Å²) < 4.78 is 29.5. The molecule has 0 rings (SSSR count). The van der Waals surface area contributed by atoms with Crippen LogP contribution in [0.4, 0.5) is 0 Å². The van der Waals surface area contributed by atoms with Gasteiger partial charge in [-0.3, -0.25) is 0 Å². The van der Waals surface area contributed by atoms with Crippen molar-refractivity contribution in [2.75, 3.05) is 0 Å². The fourth-order valence-electron chi connectivity index (χ4n) is 2.16. The summed E-state index contributed by atoms with van der Waals surface area (Å²) in [5.41, 5.74) is 0. The van der Waals surface area contributed by atoms with Gasteiger partial charge in [0.2, 0.25) is 0 Å². The van der Waals surface area contributed by atoms with Gasteiger partial charge in [-0.15, -0.1) is 0 Å². The molecular formula is C16H36CoO6P2. The summed E-state index contributed by atoms with van der Waals surface area (Å²) in [7, 11) is -5.95. The minimum atomic E-state index is -2.98. The zero-order valence-electron chi connectivity index (χ0n) is 16.0. The van der Waals surface area contributed by atoms with Gasteiger partial charge in [-0.25, -0.2) is 0 Å². The van der Waals surface area contributed by atoms with Gasteiger partial charge in [0.05, 0.1) is 12.2 Å². The monoisotopic (exact) mass is 445 g/mol. The van der Waals surface area contributed by atoms with Crippen molar-refractivity contribution in [1.82, 2.24) is 0 Å². The van der Waals surface area contributed by atoms with Crippen molar-refractivity contribution in [2.24, 2.45) is 0 Å². The van der Waals surface area contributed by atoms with Gasteiger partial charge in [0.25, 0.3) is 0 Å². The van der Waals surface area contributed by atoms with E-state index in [0.717, 1.165) is 25.7 Å². The van der Waals surface area contributed by atoms with Crippen LogP contribution in [-0.4, -0.2) is 12.2 Å². The molecule has 0 aromatic carbocycles. The van der Waals surface area contributed by atoms with E-state index < -0.39 is 16.5 Å². The largest absolute Gasteiger partial charge is 2.00 e. The second-order valence-electron chi connectivity index (χ2n) is 6.06. The van der Waals surface area contributed by atoms with Gasteiger partial charge in [0, 0.05) is 0 Å². The van der Waals surface area contributed by atoms with E-state index >= 15 is 0 Å². The molecule has 0 spiro atoms. The van der Waals surface area contributed by atoms with Crippen LogP contribution in [0.1, 0.15) is 91.9 Å². The van der Waals surface area contributed by atoms with Gasteiger partial charge in [-0.1, -0.05) is 65.2 Å². The molecule has 0 aliphatic carbocycles. The molecule has 0 aromatic rings. The zero-order chi connectivity index (χ0) is 18.8. The molecule has 4 unspecified atom stereocenters. The van der Waals surface area contributed by atoms with Crippen LogP contribution in [0.25, 0.3) is 0 Å². The van der Waals surface area contributed by atoms with E-state index in [-0.39, 0.29) is 29.0 Å². The summed E-state index contributed by atoms with van der Waals surface area (Å²) in [5, 5.41) is 0. The Bertz CT molecular complexity index is 291. The van der Waals surface area contributed by atoms with Crippen molar-refractivity contribution in [2.45, 2.75) is 104 Å². The smallest absolute Gasteiger partial charge is 0.781 e. The second kappa shape index (κ2) is 22.8. The van der Waals surface area contributed by atoms with Gasteiger partial charge in [-0.05, 0) is 26.7 Å². The molecule has 9 heteroatoms. The third-order valence-electron chi connectivity index (χ3n) is 3.52. The molecule has 0 aliphatic rings. The molecule has 25 heavy (non-hydrogen) atoms. The first kappa shape index (κ1) is 30.5. The van der Waals surface area contributed by atoms with Crippen LogP contribution in [0, 0.1) is 0 Å². The first-order chi connectivity index (χ1) is 11.3. The van der Waals surface area contributed by atoms with Crippen molar-refractivity contribution < 1.29 is 44.7 Å². The van der Waals surface area contributed by atoms with E-state index in [1.807, 2.05) is 0 Å². The fourth-order valence-corrected chi connectivity index (χ4v) is 3.06. The maximum Gasteiger partial charge on any atom is 2.00 e. The normalized spacial score (nSPS) is 15.3. The molecule has 0 N–H and O–H groups in total. The minimum absolute atomic E-state index is 0. The summed E-state index contributed by atoms with van der Waals surface area (Å²) >= 11 is 0. The second-order valence-corrected chi connectivity index (χ2v) is 7.53. The first-order valence-corrected chi connectivity index (χ1v) is 11.5. The summed E-state index contributed by atoms with van der Waals surface area (Å²) in [5.74, 6) is 0. The molecule has 0 amide bonds. The predicted octanol–water partition coefficient (Wildman–Crippen LogP) is 4.22. The van der Waals surface area contributed by atoms with Crippen molar-refractivity contribution in [1.29, 1.82) is 0 Å². The molecule has 0 bridgehead atoms. The topological polar surface area (TPSA) is 98.7 Å². The van der Waals surface area contributed by atoms with Crippen LogP contribution in [0.15, 0.2) is 0 Å². The van der Waals surface area contributed by atoms with Gasteiger partial charge in [-0.2, -0.15) is 0 Å². The van der Waals surface area contributed by atoms with Gasteiger partial charge in [0.1, 0.15) is 16.5 Å². The average Bonchev–Trinajstić information content (AvgIpc) is 2.47. The Hall–Kier alpha value is 0.806. The molecule has 6 nitrogen and oxygen atoms in total. The quantitative estimate of drug-likeness (QED) is 0.293. The molecule has 0 aliphatic heterocycles. The standard InChI is InChI=1S/2C8H19O3P.Co/c2*1-3-4-5-6-7-8(2)11-12(9)10;/h2*8,12H,3-7H2,1-2H3,(H,9,10);/q;;+2/p-2. The zero-order valence-corrected chi connectivity index (χ0v) is 19.0. The van der Waals surface area contributed by atoms with E-state index in [2.05, 4.69) is 22.9 Å². The van der Waals surface area contributed by atoms with Crippen LogP contribution in [0.3, 0.4) is 0 Å². The Balaban J connectivity index is -0.000000372. The molecule has 0 aromatic heterocycles. The Morgan fingerprint density at radius 3 is 1.28 bits per heavy atom. The Morgan fingerprint density at radius 1 is 0.720 bits per heavy atom. The van der Waals surface area contributed by atoms with Crippen LogP contribution >= 0.6 is 16.5 Å². The Labute approximate surface area is 165 Å². The molecule has 0 heterocycles. The number of rotatable bonds is 14. The Morgan fingerprint density at radius 2 is 1.04 bits per heavy atom. The van der Waals surface area contributed by atoms with Crippen LogP contribution < -0.4 is 9.79 Å². The van der Waals surface area contributed by atoms with Crippen LogP contribution in [0.2, 0.25) is 0 Å². The summed E-state index contributed by atoms with van der Waals surface area (Å²) in [6.45, 7) is 7.89. The van der Waals surface area contributed by atoms with Gasteiger partial charge >= 0.3 is 16.8 Å². The molecule has 0 fully saturated rings. The third-order valence-corrected chi connectivity index (χ3v) is 4.71. The van der Waals surface area contributed by atoms with Crippen molar-refractivity contribution in [3.05, 3.63) is 0 Å². The SMILES string of the molecule is CCCCCCC(C)O[PH](=O)[O-].CCCCCCC(C)O[PH](=O)[O-].[Co+2]. The van der Waals surface area contributed by atoms with Crippen LogP contribution in [-0.2, 0) is 35.0 Å². The maximum absolute atomic E-state index is 10.2. The molecule has 4 atom stereocenters. The van der Waals surface area contributed by atoms with E-state index in [1.54, 1.807) is 13.8 Å². The van der Waals surface area contributed by atoms with E-state index in [0.29, 0.717) is 0 Å². The summed E-state index contributed by atoms with van der Waals surface area (Å²) in [6, 6.07) is 0. The number of unbranched alkanes of at least 4 members (excludes halogenated alkanes) is 6. The molecular weight excluding hydrogens is 409 g/mol. The Kier molecular flexibility index (Phi) is 27.9.